The Morgan fingerprint density at radius 3 is 2.35 bits per heavy atom. The zero-order valence-corrected chi connectivity index (χ0v) is 15.1. The van der Waals surface area contributed by atoms with E-state index < -0.39 is 0 Å². The Balaban J connectivity index is 1.99. The maximum atomic E-state index is 12.4. The molecule has 6 nitrogen and oxygen atoms in total. The number of ether oxygens (including phenoxy) is 3. The maximum Gasteiger partial charge on any atom is 0.338 e. The number of anilines is 2. The van der Waals surface area contributed by atoms with Crippen LogP contribution in [0.15, 0.2) is 36.4 Å². The van der Waals surface area contributed by atoms with Crippen molar-refractivity contribution in [3.63, 3.8) is 0 Å². The van der Waals surface area contributed by atoms with E-state index in [0.717, 1.165) is 11.4 Å². The lowest BCUT2D eigenvalue weighted by Crippen LogP contribution is -2.28. The first-order chi connectivity index (χ1) is 12.6. The van der Waals surface area contributed by atoms with Crippen LogP contribution in [0.1, 0.15) is 34.1 Å². The lowest BCUT2D eigenvalue weighted by Gasteiger charge is -2.31. The minimum Gasteiger partial charge on any atom is -0.493 e. The summed E-state index contributed by atoms with van der Waals surface area (Å²) in [6.07, 6.45) is 0.405. The molecule has 2 aromatic rings. The summed E-state index contributed by atoms with van der Waals surface area (Å²) in [4.78, 5) is 26.2. The second kappa shape index (κ2) is 7.47. The van der Waals surface area contributed by atoms with E-state index in [1.807, 2.05) is 23.1 Å². The van der Waals surface area contributed by atoms with E-state index in [4.69, 9.17) is 14.2 Å². The van der Waals surface area contributed by atoms with Gasteiger partial charge in [-0.1, -0.05) is 0 Å². The molecule has 1 aliphatic rings. The third-order valence-electron chi connectivity index (χ3n) is 4.35. The fourth-order valence-electron chi connectivity index (χ4n) is 3.04. The van der Waals surface area contributed by atoms with Gasteiger partial charge in [0.15, 0.2) is 17.3 Å². The van der Waals surface area contributed by atoms with Gasteiger partial charge in [-0.3, -0.25) is 4.79 Å². The van der Waals surface area contributed by atoms with Crippen LogP contribution in [0, 0.1) is 0 Å². The number of fused-ring (bicyclic) bond motifs is 1. The largest absolute Gasteiger partial charge is 0.493 e. The standard InChI is InChI=1S/C20H21NO5/c1-4-26-20(23)13-5-7-14(8-6-13)21-10-9-17(22)15-11-18(24-2)19(25-3)12-16(15)21/h5-8,11-12H,4,9-10H2,1-3H3. The highest BCUT2D eigenvalue weighted by Crippen LogP contribution is 2.40. The van der Waals surface area contributed by atoms with Crippen LogP contribution in [-0.4, -0.2) is 39.1 Å². The van der Waals surface area contributed by atoms with Crippen LogP contribution in [0.2, 0.25) is 0 Å². The summed E-state index contributed by atoms with van der Waals surface area (Å²) in [5, 5.41) is 0. The smallest absolute Gasteiger partial charge is 0.338 e. The van der Waals surface area contributed by atoms with Gasteiger partial charge in [-0.15, -0.1) is 0 Å². The summed E-state index contributed by atoms with van der Waals surface area (Å²) >= 11 is 0. The number of carbonyl (C=O) groups is 2. The highest BCUT2D eigenvalue weighted by Gasteiger charge is 2.26. The maximum absolute atomic E-state index is 12.4. The van der Waals surface area contributed by atoms with Gasteiger partial charge in [-0.25, -0.2) is 4.79 Å². The number of hydrogen-bond donors (Lipinski definition) is 0. The highest BCUT2D eigenvalue weighted by molar-refractivity contribution is 6.05. The van der Waals surface area contributed by atoms with E-state index >= 15 is 0 Å². The lowest BCUT2D eigenvalue weighted by molar-refractivity contribution is 0.0526. The van der Waals surface area contributed by atoms with Crippen LogP contribution in [-0.2, 0) is 4.74 Å². The summed E-state index contributed by atoms with van der Waals surface area (Å²) < 4.78 is 15.7. The number of Topliss-reactive ketones (excluding diaryl/α,β-unsaturated/α-hetero) is 1. The average Bonchev–Trinajstić information content (AvgIpc) is 2.67. The van der Waals surface area contributed by atoms with E-state index in [-0.39, 0.29) is 11.8 Å². The number of nitrogens with zero attached hydrogens (tertiary/aromatic N) is 1. The first-order valence-electron chi connectivity index (χ1n) is 8.43. The van der Waals surface area contributed by atoms with E-state index in [1.165, 1.54) is 0 Å². The molecule has 0 fully saturated rings. The quantitative estimate of drug-likeness (QED) is 0.764. The minimum atomic E-state index is -0.348. The number of hydrogen-bond acceptors (Lipinski definition) is 6. The zero-order chi connectivity index (χ0) is 18.7. The van der Waals surface area contributed by atoms with Crippen molar-refractivity contribution in [1.82, 2.24) is 0 Å². The predicted molar refractivity (Wildman–Crippen MR) is 97.9 cm³/mol. The summed E-state index contributed by atoms with van der Waals surface area (Å²) in [6.45, 7) is 2.67. The summed E-state index contributed by atoms with van der Waals surface area (Å²) in [6, 6.07) is 10.7. The normalized spacial score (nSPS) is 13.2. The van der Waals surface area contributed by atoms with Crippen LogP contribution >= 0.6 is 0 Å². The van der Waals surface area contributed by atoms with Crippen molar-refractivity contribution in [2.24, 2.45) is 0 Å². The third kappa shape index (κ3) is 3.22. The van der Waals surface area contributed by atoms with Crippen molar-refractivity contribution in [1.29, 1.82) is 0 Å². The molecule has 26 heavy (non-hydrogen) atoms. The van der Waals surface area contributed by atoms with E-state index in [1.54, 1.807) is 39.3 Å². The summed E-state index contributed by atoms with van der Waals surface area (Å²) in [5.41, 5.74) is 2.75. The molecule has 0 unspecified atom stereocenters. The van der Waals surface area contributed by atoms with Gasteiger partial charge in [0.05, 0.1) is 32.1 Å². The molecule has 0 aromatic heterocycles. The fraction of sp³-hybridized carbons (Fsp3) is 0.300. The molecular formula is C20H21NO5. The van der Waals surface area contributed by atoms with Crippen molar-refractivity contribution >= 4 is 23.1 Å². The molecule has 0 atom stereocenters. The molecule has 6 heteroatoms. The molecule has 0 saturated heterocycles. The second-order valence-electron chi connectivity index (χ2n) is 5.82. The molecule has 2 aromatic carbocycles. The summed E-state index contributed by atoms with van der Waals surface area (Å²) in [7, 11) is 3.11. The molecule has 0 bridgehead atoms. The van der Waals surface area contributed by atoms with Crippen molar-refractivity contribution in [2.45, 2.75) is 13.3 Å². The molecule has 1 heterocycles. The monoisotopic (exact) mass is 355 g/mol. The van der Waals surface area contributed by atoms with Gasteiger partial charge in [0, 0.05) is 30.3 Å². The Labute approximate surface area is 152 Å². The lowest BCUT2D eigenvalue weighted by atomic mass is 9.98. The first-order valence-corrected chi connectivity index (χ1v) is 8.43. The van der Waals surface area contributed by atoms with E-state index in [2.05, 4.69) is 0 Å². The van der Waals surface area contributed by atoms with E-state index in [0.29, 0.717) is 42.2 Å². The van der Waals surface area contributed by atoms with Crippen LogP contribution in [0.4, 0.5) is 11.4 Å². The number of esters is 1. The second-order valence-corrected chi connectivity index (χ2v) is 5.82. The molecule has 0 aliphatic carbocycles. The minimum absolute atomic E-state index is 0.0698. The molecule has 0 spiro atoms. The van der Waals surface area contributed by atoms with Crippen molar-refractivity contribution in [3.8, 4) is 11.5 Å². The van der Waals surface area contributed by atoms with Crippen LogP contribution < -0.4 is 14.4 Å². The van der Waals surface area contributed by atoms with Crippen LogP contribution in [0.25, 0.3) is 0 Å². The Bertz CT molecular complexity index is 829. The Morgan fingerprint density at radius 1 is 1.08 bits per heavy atom. The number of ketones is 1. The zero-order valence-electron chi connectivity index (χ0n) is 15.1. The first kappa shape index (κ1) is 17.8. The SMILES string of the molecule is CCOC(=O)c1ccc(N2CCC(=O)c3cc(OC)c(OC)cc32)cc1. The van der Waals surface area contributed by atoms with Crippen molar-refractivity contribution in [2.75, 3.05) is 32.3 Å². The van der Waals surface area contributed by atoms with Crippen molar-refractivity contribution < 1.29 is 23.8 Å². The van der Waals surface area contributed by atoms with E-state index in [9.17, 15) is 9.59 Å². The molecule has 0 amide bonds. The number of rotatable bonds is 5. The highest BCUT2D eigenvalue weighted by atomic mass is 16.5. The Kier molecular flexibility index (Phi) is 5.11. The van der Waals surface area contributed by atoms with Gasteiger partial charge < -0.3 is 19.1 Å². The predicted octanol–water partition coefficient (Wildman–Crippen LogP) is 3.61. The van der Waals surface area contributed by atoms with Crippen LogP contribution in [0.3, 0.4) is 0 Å². The topological polar surface area (TPSA) is 65.1 Å². The van der Waals surface area contributed by atoms with Crippen LogP contribution in [0.5, 0.6) is 11.5 Å². The third-order valence-corrected chi connectivity index (χ3v) is 4.35. The molecular weight excluding hydrogens is 334 g/mol. The van der Waals surface area contributed by atoms with Gasteiger partial charge in [-0.2, -0.15) is 0 Å². The summed E-state index contributed by atoms with van der Waals surface area (Å²) in [5.74, 6) is 0.813. The van der Waals surface area contributed by atoms with Gasteiger partial charge in [0.25, 0.3) is 0 Å². The molecule has 136 valence electrons. The number of carbonyl (C=O) groups excluding carboxylic acids is 2. The van der Waals surface area contributed by atoms with Crippen molar-refractivity contribution in [3.05, 3.63) is 47.5 Å². The Morgan fingerprint density at radius 2 is 1.73 bits per heavy atom. The van der Waals surface area contributed by atoms with Gasteiger partial charge in [-0.05, 0) is 37.3 Å². The Hall–Kier alpha value is -3.02. The molecule has 0 saturated carbocycles. The van der Waals surface area contributed by atoms with Gasteiger partial charge >= 0.3 is 5.97 Å². The number of benzene rings is 2. The molecule has 1 aliphatic heterocycles. The van der Waals surface area contributed by atoms with Gasteiger partial charge in [0.1, 0.15) is 0 Å². The molecule has 3 rings (SSSR count). The molecule has 0 N–H and O–H groups in total. The number of methoxy groups -OCH3 is 2. The average molecular weight is 355 g/mol. The van der Waals surface area contributed by atoms with Gasteiger partial charge in [0.2, 0.25) is 0 Å². The fourth-order valence-corrected chi connectivity index (χ4v) is 3.04. The molecule has 0 radical (unpaired) electrons.